The molecule has 0 bridgehead atoms. The summed E-state index contributed by atoms with van der Waals surface area (Å²) in [5.74, 6) is 0.382. The van der Waals surface area contributed by atoms with Gasteiger partial charge in [-0.1, -0.05) is 0 Å². The normalized spacial score (nSPS) is 15.7. The number of rotatable bonds is 3. The van der Waals surface area contributed by atoms with Gasteiger partial charge in [0.2, 0.25) is 0 Å². The van der Waals surface area contributed by atoms with Crippen molar-refractivity contribution in [1.29, 1.82) is 0 Å². The Labute approximate surface area is 140 Å². The maximum atomic E-state index is 12.5. The summed E-state index contributed by atoms with van der Waals surface area (Å²) < 4.78 is 3.40. The Bertz CT molecular complexity index is 780. The minimum atomic E-state index is -0.00783. The summed E-state index contributed by atoms with van der Waals surface area (Å²) in [4.78, 5) is 30.5. The van der Waals surface area contributed by atoms with E-state index in [1.54, 1.807) is 28.7 Å². The Hall–Kier alpha value is -2.44. The number of nitrogens with zero attached hydrogens (tertiary/aromatic N) is 5. The van der Waals surface area contributed by atoms with Gasteiger partial charge in [0, 0.05) is 44.1 Å². The molecule has 0 aliphatic carbocycles. The van der Waals surface area contributed by atoms with Crippen molar-refractivity contribution in [3.8, 4) is 0 Å². The third-order valence-electron chi connectivity index (χ3n) is 4.76. The lowest BCUT2D eigenvalue weighted by molar-refractivity contribution is 0.0675. The summed E-state index contributed by atoms with van der Waals surface area (Å²) in [6.07, 6.45) is 4.97. The van der Waals surface area contributed by atoms with Crippen molar-refractivity contribution in [3.05, 3.63) is 45.9 Å². The lowest BCUT2D eigenvalue weighted by atomic mass is 9.96. The first kappa shape index (κ1) is 16.4. The smallest absolute Gasteiger partial charge is 0.274 e. The summed E-state index contributed by atoms with van der Waals surface area (Å²) in [6, 6.07) is 1.83. The minimum Gasteiger partial charge on any atom is -0.337 e. The molecule has 0 spiro atoms. The maximum absolute atomic E-state index is 12.5. The van der Waals surface area contributed by atoms with Gasteiger partial charge in [0.15, 0.2) is 5.69 Å². The number of likely N-dealkylation sites (tertiary alicyclic amines) is 1. The molecule has 0 aromatic carbocycles. The molecule has 1 aliphatic rings. The standard InChI is InChI=1S/C17H23N5O2/c1-12-9-18-11-22(16(12)23)10-14-4-6-21(7-5-14)17(24)15-8-13(2)20(3)19-15/h8-9,11,14H,4-7,10H2,1-3H3. The van der Waals surface area contributed by atoms with Gasteiger partial charge >= 0.3 is 0 Å². The first-order valence-corrected chi connectivity index (χ1v) is 8.26. The second-order valence-corrected chi connectivity index (χ2v) is 6.56. The molecular formula is C17H23N5O2. The summed E-state index contributed by atoms with van der Waals surface area (Å²) in [5.41, 5.74) is 2.16. The predicted molar refractivity (Wildman–Crippen MR) is 89.8 cm³/mol. The SMILES string of the molecule is Cc1cncn(CC2CCN(C(=O)c3cc(C)n(C)n3)CC2)c1=O. The van der Waals surface area contributed by atoms with Crippen LogP contribution < -0.4 is 5.56 Å². The zero-order chi connectivity index (χ0) is 17.3. The second-order valence-electron chi connectivity index (χ2n) is 6.56. The van der Waals surface area contributed by atoms with Crippen molar-refractivity contribution in [1.82, 2.24) is 24.2 Å². The summed E-state index contributed by atoms with van der Waals surface area (Å²) in [6.45, 7) is 5.78. The van der Waals surface area contributed by atoms with E-state index in [2.05, 4.69) is 10.1 Å². The fraction of sp³-hybridized carbons (Fsp3) is 0.529. The zero-order valence-corrected chi connectivity index (χ0v) is 14.4. The molecule has 3 rings (SSSR count). The quantitative estimate of drug-likeness (QED) is 0.847. The number of carbonyl (C=O) groups is 1. The van der Waals surface area contributed by atoms with Gasteiger partial charge in [-0.25, -0.2) is 4.98 Å². The molecule has 1 saturated heterocycles. The number of hydrogen-bond acceptors (Lipinski definition) is 4. The van der Waals surface area contributed by atoms with Crippen LogP contribution in [-0.2, 0) is 13.6 Å². The fourth-order valence-corrected chi connectivity index (χ4v) is 3.11. The zero-order valence-electron chi connectivity index (χ0n) is 14.4. The molecule has 128 valence electrons. The first-order valence-electron chi connectivity index (χ1n) is 8.26. The van der Waals surface area contributed by atoms with Crippen molar-refractivity contribution in [2.75, 3.05) is 13.1 Å². The van der Waals surface area contributed by atoms with Crippen LogP contribution in [-0.4, -0.2) is 43.2 Å². The molecule has 0 N–H and O–H groups in total. The molecule has 3 heterocycles. The third kappa shape index (κ3) is 3.25. The van der Waals surface area contributed by atoms with Crippen molar-refractivity contribution in [2.24, 2.45) is 13.0 Å². The van der Waals surface area contributed by atoms with Gasteiger partial charge in [-0.3, -0.25) is 18.8 Å². The number of amides is 1. The van der Waals surface area contributed by atoms with Crippen LogP contribution in [0.15, 0.2) is 23.4 Å². The average Bonchev–Trinajstić information content (AvgIpc) is 2.91. The molecule has 1 amide bonds. The van der Waals surface area contributed by atoms with Gasteiger partial charge in [-0.05, 0) is 38.7 Å². The van der Waals surface area contributed by atoms with Crippen LogP contribution in [0.3, 0.4) is 0 Å². The van der Waals surface area contributed by atoms with Crippen LogP contribution in [0.2, 0.25) is 0 Å². The topological polar surface area (TPSA) is 73.0 Å². The molecule has 0 radical (unpaired) electrons. The molecule has 0 saturated carbocycles. The van der Waals surface area contributed by atoms with Crippen LogP contribution in [0.1, 0.15) is 34.6 Å². The van der Waals surface area contributed by atoms with E-state index >= 15 is 0 Å². The van der Waals surface area contributed by atoms with Crippen molar-refractivity contribution in [2.45, 2.75) is 33.2 Å². The monoisotopic (exact) mass is 329 g/mol. The lowest BCUT2D eigenvalue weighted by Crippen LogP contribution is -2.40. The molecule has 0 unspecified atom stereocenters. The Morgan fingerprint density at radius 3 is 2.62 bits per heavy atom. The minimum absolute atomic E-state index is 0.00783. The van der Waals surface area contributed by atoms with E-state index in [1.807, 2.05) is 24.9 Å². The number of aryl methyl sites for hydroxylation is 3. The number of carbonyl (C=O) groups excluding carboxylic acids is 1. The van der Waals surface area contributed by atoms with Crippen molar-refractivity contribution < 1.29 is 4.79 Å². The summed E-state index contributed by atoms with van der Waals surface area (Å²) >= 11 is 0. The molecule has 2 aromatic rings. The van der Waals surface area contributed by atoms with E-state index in [-0.39, 0.29) is 11.5 Å². The molecule has 24 heavy (non-hydrogen) atoms. The predicted octanol–water partition coefficient (Wildman–Crippen LogP) is 1.15. The van der Waals surface area contributed by atoms with Crippen LogP contribution in [0, 0.1) is 19.8 Å². The number of piperidine rings is 1. The Kier molecular flexibility index (Phi) is 4.51. The van der Waals surface area contributed by atoms with E-state index in [4.69, 9.17) is 0 Å². The summed E-state index contributed by atoms with van der Waals surface area (Å²) in [5, 5.41) is 4.27. The van der Waals surface area contributed by atoms with Crippen molar-refractivity contribution in [3.63, 3.8) is 0 Å². The van der Waals surface area contributed by atoms with E-state index in [0.717, 1.165) is 18.5 Å². The molecule has 7 nitrogen and oxygen atoms in total. The fourth-order valence-electron chi connectivity index (χ4n) is 3.11. The highest BCUT2D eigenvalue weighted by molar-refractivity contribution is 5.92. The largest absolute Gasteiger partial charge is 0.337 e. The molecule has 1 aliphatic heterocycles. The molecule has 1 fully saturated rings. The number of hydrogen-bond donors (Lipinski definition) is 0. The molecule has 2 aromatic heterocycles. The third-order valence-corrected chi connectivity index (χ3v) is 4.76. The maximum Gasteiger partial charge on any atom is 0.274 e. The van der Waals surface area contributed by atoms with E-state index in [0.29, 0.717) is 36.8 Å². The van der Waals surface area contributed by atoms with Crippen LogP contribution >= 0.6 is 0 Å². The van der Waals surface area contributed by atoms with E-state index < -0.39 is 0 Å². The highest BCUT2D eigenvalue weighted by atomic mass is 16.2. The first-order chi connectivity index (χ1) is 11.5. The molecule has 0 atom stereocenters. The van der Waals surface area contributed by atoms with Gasteiger partial charge in [0.25, 0.3) is 11.5 Å². The summed E-state index contributed by atoms with van der Waals surface area (Å²) in [7, 11) is 1.84. The van der Waals surface area contributed by atoms with Gasteiger partial charge in [-0.15, -0.1) is 0 Å². The second kappa shape index (κ2) is 6.59. The highest BCUT2D eigenvalue weighted by Gasteiger charge is 2.25. The molecular weight excluding hydrogens is 306 g/mol. The van der Waals surface area contributed by atoms with Gasteiger partial charge in [-0.2, -0.15) is 5.10 Å². The van der Waals surface area contributed by atoms with Crippen molar-refractivity contribution >= 4 is 5.91 Å². The Morgan fingerprint density at radius 2 is 2.00 bits per heavy atom. The Balaban J connectivity index is 1.60. The Morgan fingerprint density at radius 1 is 1.29 bits per heavy atom. The van der Waals surface area contributed by atoms with Crippen LogP contribution in [0.5, 0.6) is 0 Å². The highest BCUT2D eigenvalue weighted by Crippen LogP contribution is 2.20. The lowest BCUT2D eigenvalue weighted by Gasteiger charge is -2.31. The number of aromatic nitrogens is 4. The molecule has 7 heteroatoms. The van der Waals surface area contributed by atoms with Crippen LogP contribution in [0.25, 0.3) is 0 Å². The van der Waals surface area contributed by atoms with Gasteiger partial charge in [0.05, 0.1) is 6.33 Å². The van der Waals surface area contributed by atoms with Gasteiger partial charge < -0.3 is 4.90 Å². The van der Waals surface area contributed by atoms with E-state index in [1.165, 1.54) is 0 Å². The van der Waals surface area contributed by atoms with Gasteiger partial charge in [0.1, 0.15) is 0 Å². The van der Waals surface area contributed by atoms with Crippen LogP contribution in [0.4, 0.5) is 0 Å². The van der Waals surface area contributed by atoms with E-state index in [9.17, 15) is 9.59 Å². The average molecular weight is 329 g/mol.